The Bertz CT molecular complexity index is 1340. The van der Waals surface area contributed by atoms with Gasteiger partial charge < -0.3 is 9.64 Å². The molecule has 6 rings (SSSR count). The first kappa shape index (κ1) is 20.7. The number of hydrogen-bond acceptors (Lipinski definition) is 7. The summed E-state index contributed by atoms with van der Waals surface area (Å²) in [5.74, 6) is 1.38. The van der Waals surface area contributed by atoms with Crippen molar-refractivity contribution >= 4 is 17.1 Å². The number of ether oxygens (including phenoxy) is 1. The lowest BCUT2D eigenvalue weighted by Gasteiger charge is -2.42. The lowest BCUT2D eigenvalue weighted by atomic mass is 9.99. The Labute approximate surface area is 196 Å². The van der Waals surface area contributed by atoms with Gasteiger partial charge in [0.1, 0.15) is 0 Å². The van der Waals surface area contributed by atoms with Crippen molar-refractivity contribution in [2.45, 2.75) is 25.3 Å². The van der Waals surface area contributed by atoms with Crippen molar-refractivity contribution in [3.63, 3.8) is 0 Å². The van der Waals surface area contributed by atoms with Gasteiger partial charge in [-0.3, -0.25) is 19.4 Å². The van der Waals surface area contributed by atoms with Gasteiger partial charge in [-0.15, -0.1) is 0 Å². The molecule has 4 heterocycles. The van der Waals surface area contributed by atoms with Gasteiger partial charge in [0, 0.05) is 37.4 Å². The minimum absolute atomic E-state index is 0.351. The minimum Gasteiger partial charge on any atom is -0.453 e. The number of nitrogens with one attached hydrogen (secondary N) is 1. The first-order chi connectivity index (χ1) is 16.7. The maximum atomic E-state index is 11.4. The number of H-pyrrole nitrogens is 1. The summed E-state index contributed by atoms with van der Waals surface area (Å²) in [4.78, 5) is 23.5. The summed E-state index contributed by atoms with van der Waals surface area (Å²) in [6.45, 7) is 2.89. The van der Waals surface area contributed by atoms with Crippen LogP contribution in [0.2, 0.25) is 0 Å². The number of likely N-dealkylation sites (tertiary alicyclic amines) is 1. The molecule has 0 spiro atoms. The van der Waals surface area contributed by atoms with Gasteiger partial charge >= 0.3 is 5.76 Å². The van der Waals surface area contributed by atoms with Crippen LogP contribution in [0.15, 0.2) is 81.2 Å². The molecule has 0 aliphatic carbocycles. The van der Waals surface area contributed by atoms with Crippen molar-refractivity contribution in [2.24, 2.45) is 4.99 Å². The first-order valence-corrected chi connectivity index (χ1v) is 11.6. The van der Waals surface area contributed by atoms with Crippen LogP contribution in [0.25, 0.3) is 11.4 Å². The number of nitrogens with zero attached hydrogens (tertiary/aromatic N) is 4. The lowest BCUT2D eigenvalue weighted by Crippen LogP contribution is -2.45. The van der Waals surface area contributed by atoms with Gasteiger partial charge in [0.05, 0.1) is 17.1 Å². The standard InChI is InChI=1S/C26H25N5O3/c32-26-28-25(29-34-26)18-9-10-22-24(16-18)33-23-8-4-3-7-21(23)31(22)20-11-14-30(15-12-20)17-19-6-2-1-5-13-27-19/h2-10,13,16,20H,1,11-12,14-15,17H2,(H,28,29,32). The van der Waals surface area contributed by atoms with E-state index in [9.17, 15) is 4.79 Å². The van der Waals surface area contributed by atoms with Gasteiger partial charge in [-0.2, -0.15) is 0 Å². The number of hydrogen-bond donors (Lipinski definition) is 1. The maximum Gasteiger partial charge on any atom is 0.439 e. The quantitative estimate of drug-likeness (QED) is 0.616. The highest BCUT2D eigenvalue weighted by Crippen LogP contribution is 2.49. The molecule has 0 amide bonds. The third-order valence-electron chi connectivity index (χ3n) is 6.51. The van der Waals surface area contributed by atoms with Gasteiger partial charge in [-0.1, -0.05) is 29.4 Å². The Hall–Kier alpha value is -3.91. The van der Waals surface area contributed by atoms with Crippen LogP contribution in [0.3, 0.4) is 0 Å². The molecule has 0 bridgehead atoms. The van der Waals surface area contributed by atoms with Gasteiger partial charge in [0.2, 0.25) is 0 Å². The zero-order chi connectivity index (χ0) is 22.9. The van der Waals surface area contributed by atoms with Crippen LogP contribution in [0.1, 0.15) is 19.3 Å². The van der Waals surface area contributed by atoms with Crippen LogP contribution in [0, 0.1) is 0 Å². The molecule has 2 aromatic carbocycles. The summed E-state index contributed by atoms with van der Waals surface area (Å²) in [6, 6.07) is 14.4. The molecule has 0 saturated carbocycles. The van der Waals surface area contributed by atoms with E-state index >= 15 is 0 Å². The Morgan fingerprint density at radius 1 is 1.03 bits per heavy atom. The number of piperidine rings is 1. The van der Waals surface area contributed by atoms with E-state index in [-0.39, 0.29) is 0 Å². The second kappa shape index (κ2) is 8.79. The summed E-state index contributed by atoms with van der Waals surface area (Å²) in [7, 11) is 0. The highest BCUT2D eigenvalue weighted by Gasteiger charge is 2.32. The number of aromatic amines is 1. The Kier molecular flexibility index (Phi) is 5.35. The van der Waals surface area contributed by atoms with Gasteiger partial charge in [0.15, 0.2) is 17.3 Å². The third-order valence-corrected chi connectivity index (χ3v) is 6.51. The number of para-hydroxylation sites is 2. The van der Waals surface area contributed by atoms with E-state index in [1.807, 2.05) is 42.6 Å². The molecule has 3 aliphatic heterocycles. The molecule has 3 aromatic rings. The number of fused-ring (bicyclic) bond motifs is 2. The molecule has 0 atom stereocenters. The van der Waals surface area contributed by atoms with Crippen molar-refractivity contribution in [1.82, 2.24) is 15.0 Å². The van der Waals surface area contributed by atoms with Crippen LogP contribution in [0.4, 0.5) is 11.4 Å². The van der Waals surface area contributed by atoms with Crippen molar-refractivity contribution in [3.05, 3.63) is 77.4 Å². The molecule has 0 radical (unpaired) electrons. The zero-order valence-electron chi connectivity index (χ0n) is 18.7. The van der Waals surface area contributed by atoms with E-state index in [1.165, 1.54) is 0 Å². The van der Waals surface area contributed by atoms with Crippen LogP contribution in [-0.2, 0) is 0 Å². The summed E-state index contributed by atoms with van der Waals surface area (Å²) >= 11 is 0. The summed E-state index contributed by atoms with van der Waals surface area (Å²) in [5, 5.41) is 3.81. The highest BCUT2D eigenvalue weighted by molar-refractivity contribution is 5.97. The number of rotatable bonds is 4. The Morgan fingerprint density at radius 3 is 2.74 bits per heavy atom. The van der Waals surface area contributed by atoms with Crippen molar-refractivity contribution < 1.29 is 9.26 Å². The smallest absolute Gasteiger partial charge is 0.439 e. The average molecular weight is 456 g/mol. The summed E-state index contributed by atoms with van der Waals surface area (Å²) in [5.41, 5.74) is 3.96. The topological polar surface area (TPSA) is 87.0 Å². The van der Waals surface area contributed by atoms with Gasteiger partial charge in [-0.05, 0) is 55.7 Å². The largest absolute Gasteiger partial charge is 0.453 e. The van der Waals surface area contributed by atoms with Crippen molar-refractivity contribution in [1.29, 1.82) is 0 Å². The van der Waals surface area contributed by atoms with Crippen LogP contribution in [-0.4, -0.2) is 46.4 Å². The number of allylic oxidation sites excluding steroid dienone is 2. The SMILES string of the molecule is O=c1[nH]c(-c2ccc3c(c2)Oc2ccccc2N3C2CCN(CC3=NC=CCC=C3)CC2)no1. The number of aromatic nitrogens is 2. The van der Waals surface area contributed by atoms with Crippen molar-refractivity contribution in [3.8, 4) is 22.9 Å². The predicted octanol–water partition coefficient (Wildman–Crippen LogP) is 4.65. The summed E-state index contributed by atoms with van der Waals surface area (Å²) in [6.07, 6.45) is 11.3. The minimum atomic E-state index is -0.575. The second-order valence-electron chi connectivity index (χ2n) is 8.72. The van der Waals surface area contributed by atoms with E-state index in [4.69, 9.17) is 4.74 Å². The first-order valence-electron chi connectivity index (χ1n) is 11.6. The average Bonchev–Trinajstić information content (AvgIpc) is 3.14. The molecular formula is C26H25N5O3. The van der Waals surface area contributed by atoms with E-state index in [0.29, 0.717) is 11.9 Å². The van der Waals surface area contributed by atoms with E-state index < -0.39 is 5.76 Å². The van der Waals surface area contributed by atoms with E-state index in [2.05, 4.69) is 53.8 Å². The third kappa shape index (κ3) is 3.97. The molecule has 8 nitrogen and oxygen atoms in total. The van der Waals surface area contributed by atoms with Crippen LogP contribution < -0.4 is 15.4 Å². The monoisotopic (exact) mass is 455 g/mol. The zero-order valence-corrected chi connectivity index (χ0v) is 18.7. The fourth-order valence-corrected chi connectivity index (χ4v) is 4.87. The predicted molar refractivity (Wildman–Crippen MR) is 131 cm³/mol. The van der Waals surface area contributed by atoms with Crippen LogP contribution in [0.5, 0.6) is 11.5 Å². The Balaban J connectivity index is 1.26. The lowest BCUT2D eigenvalue weighted by molar-refractivity contribution is 0.238. The van der Waals surface area contributed by atoms with Gasteiger partial charge in [-0.25, -0.2) is 4.79 Å². The normalized spacial score (nSPS) is 18.1. The molecular weight excluding hydrogens is 430 g/mol. The van der Waals surface area contributed by atoms with E-state index in [1.54, 1.807) is 0 Å². The van der Waals surface area contributed by atoms with E-state index in [0.717, 1.165) is 73.0 Å². The summed E-state index contributed by atoms with van der Waals surface area (Å²) < 4.78 is 10.9. The molecule has 172 valence electrons. The molecule has 34 heavy (non-hydrogen) atoms. The Morgan fingerprint density at radius 2 is 1.88 bits per heavy atom. The molecule has 8 heteroatoms. The van der Waals surface area contributed by atoms with Crippen LogP contribution >= 0.6 is 0 Å². The fourth-order valence-electron chi connectivity index (χ4n) is 4.87. The number of anilines is 2. The number of benzene rings is 2. The molecule has 3 aliphatic rings. The molecule has 1 fully saturated rings. The molecule has 0 unspecified atom stereocenters. The number of aliphatic imine (C=N–C) groups is 1. The second-order valence-corrected chi connectivity index (χ2v) is 8.72. The molecule has 1 saturated heterocycles. The fraction of sp³-hybridized carbons (Fsp3) is 0.269. The highest BCUT2D eigenvalue weighted by atomic mass is 16.5. The molecule has 1 aromatic heterocycles. The molecule has 1 N–H and O–H groups in total. The van der Waals surface area contributed by atoms with Crippen molar-refractivity contribution in [2.75, 3.05) is 24.5 Å². The maximum absolute atomic E-state index is 11.4. The van der Waals surface area contributed by atoms with Gasteiger partial charge in [0.25, 0.3) is 0 Å².